The molecular formula is C12H17Br2N3S. The Hall–Kier alpha value is 0.380. The van der Waals surface area contributed by atoms with E-state index in [1.807, 2.05) is 12.3 Å². The van der Waals surface area contributed by atoms with Gasteiger partial charge in [0.15, 0.2) is 0 Å². The van der Waals surface area contributed by atoms with Crippen LogP contribution < -0.4 is 5.32 Å². The number of nitrogens with one attached hydrogen (secondary N) is 1. The van der Waals surface area contributed by atoms with Crippen molar-refractivity contribution in [2.75, 3.05) is 37.7 Å². The second-order valence-electron chi connectivity index (χ2n) is 4.21. The molecule has 1 saturated heterocycles. The van der Waals surface area contributed by atoms with Crippen LogP contribution in [0.1, 0.15) is 5.69 Å². The van der Waals surface area contributed by atoms with Gasteiger partial charge in [0.05, 0.1) is 5.69 Å². The maximum absolute atomic E-state index is 4.39. The summed E-state index contributed by atoms with van der Waals surface area (Å²) in [5.41, 5.74) is 1.06. The van der Waals surface area contributed by atoms with E-state index in [1.54, 1.807) is 0 Å². The molecule has 0 radical (unpaired) electrons. The molecule has 1 N–H and O–H groups in total. The number of hydrogen-bond donors (Lipinski definition) is 1. The molecule has 0 amide bonds. The zero-order chi connectivity index (χ0) is 12.8. The summed E-state index contributed by atoms with van der Waals surface area (Å²) in [4.78, 5) is 6.91. The molecule has 0 spiro atoms. The van der Waals surface area contributed by atoms with Crippen molar-refractivity contribution in [3.05, 3.63) is 26.9 Å². The lowest BCUT2D eigenvalue weighted by Crippen LogP contribution is -2.37. The minimum absolute atomic E-state index is 0.816. The van der Waals surface area contributed by atoms with Crippen molar-refractivity contribution in [1.29, 1.82) is 0 Å². The van der Waals surface area contributed by atoms with Crippen LogP contribution in [0.2, 0.25) is 0 Å². The summed E-state index contributed by atoms with van der Waals surface area (Å²) in [5, 5.41) is 3.45. The highest BCUT2D eigenvalue weighted by Crippen LogP contribution is 2.19. The molecule has 100 valence electrons. The molecule has 0 atom stereocenters. The predicted molar refractivity (Wildman–Crippen MR) is 85.1 cm³/mol. The molecule has 1 aromatic rings. The van der Waals surface area contributed by atoms with Crippen molar-refractivity contribution in [2.45, 2.75) is 6.54 Å². The lowest BCUT2D eigenvalue weighted by atomic mass is 10.3. The summed E-state index contributed by atoms with van der Waals surface area (Å²) in [6, 6.07) is 2.03. The molecule has 0 aromatic carbocycles. The molecule has 1 aliphatic rings. The summed E-state index contributed by atoms with van der Waals surface area (Å²) in [7, 11) is 0. The fourth-order valence-corrected chi connectivity index (χ4v) is 3.95. The average molecular weight is 395 g/mol. The number of aromatic nitrogens is 1. The van der Waals surface area contributed by atoms with Crippen LogP contribution in [0, 0.1) is 0 Å². The summed E-state index contributed by atoms with van der Waals surface area (Å²) >= 11 is 8.99. The van der Waals surface area contributed by atoms with Crippen molar-refractivity contribution in [3.8, 4) is 0 Å². The zero-order valence-electron chi connectivity index (χ0n) is 10.2. The van der Waals surface area contributed by atoms with Crippen LogP contribution in [0.25, 0.3) is 0 Å². The molecule has 1 aliphatic heterocycles. The first-order valence-electron chi connectivity index (χ1n) is 6.06. The molecular weight excluding hydrogens is 378 g/mol. The summed E-state index contributed by atoms with van der Waals surface area (Å²) in [6.45, 7) is 5.43. The smallest absolute Gasteiger partial charge is 0.0684 e. The van der Waals surface area contributed by atoms with Crippen LogP contribution in [-0.2, 0) is 6.54 Å². The molecule has 2 rings (SSSR count). The highest BCUT2D eigenvalue weighted by molar-refractivity contribution is 9.11. The van der Waals surface area contributed by atoms with Gasteiger partial charge in [0, 0.05) is 59.4 Å². The Bertz CT molecular complexity index is 384. The normalized spacial score (nSPS) is 17.0. The fourth-order valence-electron chi connectivity index (χ4n) is 1.84. The van der Waals surface area contributed by atoms with Crippen LogP contribution in [-0.4, -0.2) is 47.6 Å². The molecule has 1 aromatic heterocycles. The van der Waals surface area contributed by atoms with Crippen LogP contribution in [0.15, 0.2) is 21.2 Å². The van der Waals surface area contributed by atoms with Gasteiger partial charge in [0.2, 0.25) is 0 Å². The van der Waals surface area contributed by atoms with Crippen LogP contribution >= 0.6 is 43.6 Å². The Labute approximate surface area is 129 Å². The van der Waals surface area contributed by atoms with Crippen molar-refractivity contribution in [3.63, 3.8) is 0 Å². The predicted octanol–water partition coefficient (Wildman–Crippen LogP) is 2.75. The van der Waals surface area contributed by atoms with E-state index in [4.69, 9.17) is 0 Å². The maximum atomic E-state index is 4.39. The highest BCUT2D eigenvalue weighted by Gasteiger charge is 2.09. The molecule has 2 heterocycles. The lowest BCUT2D eigenvalue weighted by molar-refractivity contribution is 0.301. The fraction of sp³-hybridized carbons (Fsp3) is 0.583. The molecule has 1 fully saturated rings. The van der Waals surface area contributed by atoms with E-state index < -0.39 is 0 Å². The van der Waals surface area contributed by atoms with Gasteiger partial charge in [-0.05, 0) is 37.9 Å². The summed E-state index contributed by atoms with van der Waals surface area (Å²) in [5.74, 6) is 2.56. The molecule has 6 heteroatoms. The average Bonchev–Trinajstić information content (AvgIpc) is 2.38. The summed E-state index contributed by atoms with van der Waals surface area (Å²) in [6.07, 6.45) is 1.84. The third-order valence-electron chi connectivity index (χ3n) is 2.88. The van der Waals surface area contributed by atoms with E-state index >= 15 is 0 Å². The molecule has 3 nitrogen and oxygen atoms in total. The van der Waals surface area contributed by atoms with E-state index in [9.17, 15) is 0 Å². The highest BCUT2D eigenvalue weighted by atomic mass is 79.9. The first-order chi connectivity index (χ1) is 8.75. The van der Waals surface area contributed by atoms with E-state index in [0.717, 1.165) is 34.3 Å². The Morgan fingerprint density at radius 1 is 1.33 bits per heavy atom. The van der Waals surface area contributed by atoms with E-state index in [-0.39, 0.29) is 0 Å². The minimum atomic E-state index is 0.816. The molecule has 0 aliphatic carbocycles. The number of nitrogens with zero attached hydrogens (tertiary/aromatic N) is 2. The number of thioether (sulfide) groups is 1. The lowest BCUT2D eigenvalue weighted by Gasteiger charge is -2.26. The van der Waals surface area contributed by atoms with Gasteiger partial charge >= 0.3 is 0 Å². The van der Waals surface area contributed by atoms with Crippen molar-refractivity contribution < 1.29 is 0 Å². The number of rotatable bonds is 5. The van der Waals surface area contributed by atoms with Crippen molar-refractivity contribution >= 4 is 43.6 Å². The van der Waals surface area contributed by atoms with E-state index in [2.05, 4.69) is 58.8 Å². The van der Waals surface area contributed by atoms with Gasteiger partial charge in [0.1, 0.15) is 0 Å². The van der Waals surface area contributed by atoms with Gasteiger partial charge in [-0.15, -0.1) is 0 Å². The standard InChI is InChI=1S/C12H17Br2N3S/c13-10-7-11(14)12(16-8-10)9-15-1-2-17-3-5-18-6-4-17/h7-8,15H,1-6,9H2. The van der Waals surface area contributed by atoms with Crippen LogP contribution in [0.5, 0.6) is 0 Å². The quantitative estimate of drug-likeness (QED) is 0.777. The van der Waals surface area contributed by atoms with Crippen molar-refractivity contribution in [1.82, 2.24) is 15.2 Å². The molecule has 0 unspecified atom stereocenters. The third-order valence-corrected chi connectivity index (χ3v) is 4.95. The maximum Gasteiger partial charge on any atom is 0.0684 e. The summed E-state index contributed by atoms with van der Waals surface area (Å²) < 4.78 is 2.06. The first kappa shape index (κ1) is 14.8. The van der Waals surface area contributed by atoms with Gasteiger partial charge in [-0.3, -0.25) is 4.98 Å². The Morgan fingerprint density at radius 2 is 2.11 bits per heavy atom. The Morgan fingerprint density at radius 3 is 2.83 bits per heavy atom. The number of halogens is 2. The van der Waals surface area contributed by atoms with Gasteiger partial charge in [0.25, 0.3) is 0 Å². The monoisotopic (exact) mass is 393 g/mol. The second-order valence-corrected chi connectivity index (χ2v) is 7.21. The van der Waals surface area contributed by atoms with E-state index in [1.165, 1.54) is 24.6 Å². The topological polar surface area (TPSA) is 28.2 Å². The van der Waals surface area contributed by atoms with Gasteiger partial charge in [-0.25, -0.2) is 0 Å². The minimum Gasteiger partial charge on any atom is -0.310 e. The van der Waals surface area contributed by atoms with E-state index in [0.29, 0.717) is 0 Å². The Kier molecular flexibility index (Phi) is 6.44. The SMILES string of the molecule is Brc1cnc(CNCCN2CCSCC2)c(Br)c1. The zero-order valence-corrected chi connectivity index (χ0v) is 14.2. The van der Waals surface area contributed by atoms with Crippen LogP contribution in [0.4, 0.5) is 0 Å². The molecule has 0 bridgehead atoms. The number of hydrogen-bond acceptors (Lipinski definition) is 4. The van der Waals surface area contributed by atoms with Crippen LogP contribution in [0.3, 0.4) is 0 Å². The van der Waals surface area contributed by atoms with Gasteiger partial charge < -0.3 is 10.2 Å². The second kappa shape index (κ2) is 7.85. The van der Waals surface area contributed by atoms with Gasteiger partial charge in [-0.2, -0.15) is 11.8 Å². The number of pyridine rings is 1. The third kappa shape index (κ3) is 4.81. The molecule has 0 saturated carbocycles. The Balaban J connectivity index is 1.68. The van der Waals surface area contributed by atoms with Gasteiger partial charge in [-0.1, -0.05) is 0 Å². The first-order valence-corrected chi connectivity index (χ1v) is 8.80. The van der Waals surface area contributed by atoms with Crippen molar-refractivity contribution in [2.24, 2.45) is 0 Å². The molecule has 18 heavy (non-hydrogen) atoms. The largest absolute Gasteiger partial charge is 0.310 e.